The quantitative estimate of drug-likeness (QED) is 0.787. The molecule has 0 saturated heterocycles. The molecule has 0 amide bonds. The molecule has 4 bridgehead atoms. The van der Waals surface area contributed by atoms with Crippen LogP contribution in [0.25, 0.3) is 0 Å². The van der Waals surface area contributed by atoms with E-state index in [9.17, 15) is 0 Å². The zero-order valence-corrected chi connectivity index (χ0v) is 13.7. The molecule has 2 heteroatoms. The molecule has 0 spiro atoms. The molecule has 4 aliphatic carbocycles. The maximum Gasteiger partial charge on any atom is 0.0617 e. The highest BCUT2D eigenvalue weighted by Crippen LogP contribution is 2.57. The molecule has 0 aromatic carbocycles. The summed E-state index contributed by atoms with van der Waals surface area (Å²) < 4.78 is 0. The van der Waals surface area contributed by atoms with Gasteiger partial charge in [0.2, 0.25) is 0 Å². The van der Waals surface area contributed by atoms with E-state index < -0.39 is 0 Å². The number of hydrogen-bond donors (Lipinski definition) is 1. The van der Waals surface area contributed by atoms with Crippen molar-refractivity contribution in [3.8, 4) is 0 Å². The molecule has 0 aliphatic heterocycles. The molecule has 0 atom stereocenters. The summed E-state index contributed by atoms with van der Waals surface area (Å²) in [5, 5.41) is 0. The van der Waals surface area contributed by atoms with E-state index in [2.05, 4.69) is 32.0 Å². The lowest BCUT2D eigenvalue weighted by Crippen LogP contribution is -2.49. The summed E-state index contributed by atoms with van der Waals surface area (Å²) in [5.41, 5.74) is 5.75. The molecule has 1 aromatic rings. The van der Waals surface area contributed by atoms with Crippen molar-refractivity contribution in [3.63, 3.8) is 0 Å². The molecule has 1 N–H and O–H groups in total. The molecule has 114 valence electrons. The first kappa shape index (κ1) is 13.6. The second-order valence-corrected chi connectivity index (χ2v) is 8.02. The van der Waals surface area contributed by atoms with Gasteiger partial charge < -0.3 is 4.98 Å². The van der Waals surface area contributed by atoms with Crippen LogP contribution < -0.4 is 0 Å². The van der Waals surface area contributed by atoms with Crippen LogP contribution in [0.3, 0.4) is 0 Å². The summed E-state index contributed by atoms with van der Waals surface area (Å²) in [4.78, 5) is 8.73. The van der Waals surface area contributed by atoms with Crippen molar-refractivity contribution in [2.45, 2.75) is 71.3 Å². The van der Waals surface area contributed by atoms with E-state index in [-0.39, 0.29) is 0 Å². The van der Waals surface area contributed by atoms with Gasteiger partial charge in [0.1, 0.15) is 0 Å². The van der Waals surface area contributed by atoms with Crippen LogP contribution in [0.2, 0.25) is 0 Å². The Morgan fingerprint density at radius 3 is 2.14 bits per heavy atom. The minimum absolute atomic E-state index is 0.298. The second-order valence-electron chi connectivity index (χ2n) is 8.02. The van der Waals surface area contributed by atoms with Crippen molar-refractivity contribution >= 4 is 6.21 Å². The Hall–Kier alpha value is -1.05. The number of H-pyrrole nitrogens is 1. The fraction of sp³-hybridized carbons (Fsp3) is 0.737. The summed E-state index contributed by atoms with van der Waals surface area (Å²) in [7, 11) is 0. The molecule has 0 radical (unpaired) electrons. The van der Waals surface area contributed by atoms with E-state index in [0.29, 0.717) is 5.54 Å². The topological polar surface area (TPSA) is 28.1 Å². The van der Waals surface area contributed by atoms with Crippen LogP contribution in [0.5, 0.6) is 0 Å². The van der Waals surface area contributed by atoms with Crippen molar-refractivity contribution in [2.75, 3.05) is 0 Å². The predicted molar refractivity (Wildman–Crippen MR) is 88.1 cm³/mol. The van der Waals surface area contributed by atoms with Gasteiger partial charge in [-0.2, -0.15) is 0 Å². The normalized spacial score (nSPS) is 37.8. The van der Waals surface area contributed by atoms with Crippen molar-refractivity contribution < 1.29 is 0 Å². The molecular formula is C19H28N2. The highest BCUT2D eigenvalue weighted by atomic mass is 14.9. The number of nitrogens with one attached hydrogen (secondary N) is 1. The maximum atomic E-state index is 5.18. The Balaban J connectivity index is 1.61. The third-order valence-electron chi connectivity index (χ3n) is 6.46. The van der Waals surface area contributed by atoms with E-state index in [4.69, 9.17) is 4.99 Å². The Kier molecular flexibility index (Phi) is 3.06. The minimum atomic E-state index is 0.298. The van der Waals surface area contributed by atoms with E-state index >= 15 is 0 Å². The number of rotatable bonds is 3. The fourth-order valence-corrected chi connectivity index (χ4v) is 5.90. The van der Waals surface area contributed by atoms with Gasteiger partial charge in [-0.3, -0.25) is 4.99 Å². The molecule has 2 nitrogen and oxygen atoms in total. The van der Waals surface area contributed by atoms with Crippen LogP contribution in [-0.4, -0.2) is 16.7 Å². The van der Waals surface area contributed by atoms with Gasteiger partial charge in [-0.25, -0.2) is 0 Å². The second kappa shape index (κ2) is 4.72. The van der Waals surface area contributed by atoms with Crippen LogP contribution in [0.15, 0.2) is 4.99 Å². The van der Waals surface area contributed by atoms with Crippen molar-refractivity contribution in [1.29, 1.82) is 0 Å². The van der Waals surface area contributed by atoms with Crippen LogP contribution in [0.1, 0.15) is 68.0 Å². The van der Waals surface area contributed by atoms with Gasteiger partial charge in [0.15, 0.2) is 0 Å². The molecule has 21 heavy (non-hydrogen) atoms. The van der Waals surface area contributed by atoms with Gasteiger partial charge in [0, 0.05) is 11.9 Å². The van der Waals surface area contributed by atoms with Gasteiger partial charge in [-0.1, -0.05) is 6.92 Å². The van der Waals surface area contributed by atoms with Crippen molar-refractivity contribution in [1.82, 2.24) is 4.98 Å². The van der Waals surface area contributed by atoms with Crippen LogP contribution in [-0.2, 0) is 6.42 Å². The molecule has 0 unspecified atom stereocenters. The van der Waals surface area contributed by atoms with Gasteiger partial charge in [0.05, 0.1) is 11.2 Å². The van der Waals surface area contributed by atoms with E-state index in [0.717, 1.165) is 24.2 Å². The lowest BCUT2D eigenvalue weighted by atomic mass is 9.53. The van der Waals surface area contributed by atoms with Crippen LogP contribution in [0.4, 0.5) is 0 Å². The van der Waals surface area contributed by atoms with Crippen LogP contribution in [0, 0.1) is 31.6 Å². The molecule has 4 fully saturated rings. The van der Waals surface area contributed by atoms with Gasteiger partial charge >= 0.3 is 0 Å². The Bertz CT molecular complexity index is 543. The smallest absolute Gasteiger partial charge is 0.0617 e. The molecule has 5 rings (SSSR count). The first-order chi connectivity index (χ1) is 10.1. The summed E-state index contributed by atoms with van der Waals surface area (Å²) in [5.74, 6) is 2.93. The summed E-state index contributed by atoms with van der Waals surface area (Å²) in [6.07, 6.45) is 11.8. The first-order valence-corrected chi connectivity index (χ1v) is 8.82. The van der Waals surface area contributed by atoms with Crippen LogP contribution >= 0.6 is 0 Å². The summed E-state index contributed by atoms with van der Waals surface area (Å²) >= 11 is 0. The Labute approximate surface area is 128 Å². The third kappa shape index (κ3) is 2.18. The number of aromatic amines is 1. The fourth-order valence-electron chi connectivity index (χ4n) is 5.90. The number of aliphatic imine (C=N–C) groups is 1. The third-order valence-corrected chi connectivity index (χ3v) is 6.46. The van der Waals surface area contributed by atoms with Crippen molar-refractivity contribution in [3.05, 3.63) is 22.5 Å². The molecule has 1 heterocycles. The first-order valence-electron chi connectivity index (χ1n) is 8.82. The number of aromatic nitrogens is 1. The summed E-state index contributed by atoms with van der Waals surface area (Å²) in [6.45, 7) is 6.67. The van der Waals surface area contributed by atoms with Gasteiger partial charge in [-0.05, 0) is 87.7 Å². The largest absolute Gasteiger partial charge is 0.357 e. The number of aryl methyl sites for hydroxylation is 1. The highest BCUT2D eigenvalue weighted by Gasteiger charge is 2.50. The van der Waals surface area contributed by atoms with Gasteiger partial charge in [0.25, 0.3) is 0 Å². The molecular weight excluding hydrogens is 256 g/mol. The average Bonchev–Trinajstić information content (AvgIpc) is 2.69. The van der Waals surface area contributed by atoms with Gasteiger partial charge in [-0.15, -0.1) is 0 Å². The monoisotopic (exact) mass is 284 g/mol. The molecule has 4 aliphatic rings. The lowest BCUT2D eigenvalue weighted by Gasteiger charge is -2.54. The number of nitrogens with zero attached hydrogens (tertiary/aromatic N) is 1. The zero-order chi connectivity index (χ0) is 14.6. The maximum absolute atomic E-state index is 5.18. The standard InChI is InChI=1S/C19H28N2/c1-4-17-12(2)18(21-13(17)3)11-20-19-8-14-5-15(9-19)7-16(6-14)10-19/h11,14-16,21H,4-10H2,1-3H3. The Morgan fingerprint density at radius 1 is 1.10 bits per heavy atom. The highest BCUT2D eigenvalue weighted by molar-refractivity contribution is 5.80. The lowest BCUT2D eigenvalue weighted by molar-refractivity contribution is 0.00194. The molecule has 4 saturated carbocycles. The van der Waals surface area contributed by atoms with Crippen molar-refractivity contribution in [2.24, 2.45) is 22.7 Å². The zero-order valence-electron chi connectivity index (χ0n) is 13.7. The SMILES string of the molecule is CCc1c(C)[nH]c(C=NC23CC4CC(CC(C4)C2)C3)c1C. The number of hydrogen-bond acceptors (Lipinski definition) is 1. The average molecular weight is 284 g/mol. The van der Waals surface area contributed by atoms with E-state index in [1.54, 1.807) is 0 Å². The summed E-state index contributed by atoms with van der Waals surface area (Å²) in [6, 6.07) is 0. The minimum Gasteiger partial charge on any atom is -0.357 e. The Morgan fingerprint density at radius 2 is 1.67 bits per heavy atom. The van der Waals surface area contributed by atoms with E-state index in [1.807, 2.05) is 0 Å². The molecule has 1 aromatic heterocycles. The predicted octanol–water partition coefficient (Wildman–Crippen LogP) is 4.58. The van der Waals surface area contributed by atoms with E-state index in [1.165, 1.54) is 61.0 Å².